The Morgan fingerprint density at radius 3 is 2.67 bits per heavy atom. The molecule has 0 saturated carbocycles. The van der Waals surface area contributed by atoms with E-state index in [1.165, 1.54) is 17.4 Å². The predicted octanol–water partition coefficient (Wildman–Crippen LogP) is 4.48. The van der Waals surface area contributed by atoms with Crippen molar-refractivity contribution in [2.75, 3.05) is 30.0 Å². The second-order valence-corrected chi connectivity index (χ2v) is 8.71. The van der Waals surface area contributed by atoms with Crippen molar-refractivity contribution in [1.29, 1.82) is 0 Å². The first kappa shape index (κ1) is 21.1. The molecule has 0 bridgehead atoms. The number of thiophene rings is 1. The van der Waals surface area contributed by atoms with Gasteiger partial charge >= 0.3 is 0 Å². The van der Waals surface area contributed by atoms with Crippen LogP contribution in [0.3, 0.4) is 0 Å². The molecule has 9 heteroatoms. The van der Waals surface area contributed by atoms with E-state index in [1.807, 2.05) is 11.9 Å². The van der Waals surface area contributed by atoms with E-state index in [1.54, 1.807) is 35.7 Å². The lowest BCUT2D eigenvalue weighted by Crippen LogP contribution is -2.29. The minimum absolute atomic E-state index is 0.0204. The van der Waals surface area contributed by atoms with Crippen LogP contribution in [-0.4, -0.2) is 37.0 Å². The smallest absolute Gasteiger partial charge is 0.300 e. The average molecular weight is 468 g/mol. The highest BCUT2D eigenvalue weighted by atomic mass is 32.1. The lowest BCUT2D eigenvalue weighted by atomic mass is 9.99. The van der Waals surface area contributed by atoms with Crippen LogP contribution in [0.2, 0.25) is 0 Å². The van der Waals surface area contributed by atoms with E-state index in [0.29, 0.717) is 29.3 Å². The molecule has 1 aromatic heterocycles. The fourth-order valence-corrected chi connectivity index (χ4v) is 4.93. The topological polar surface area (TPSA) is 70.1 Å². The lowest BCUT2D eigenvalue weighted by molar-refractivity contribution is -0.132. The Labute approximate surface area is 191 Å². The third kappa shape index (κ3) is 3.45. The third-order valence-electron chi connectivity index (χ3n) is 5.77. The molecule has 1 amide bonds. The maximum atomic E-state index is 14.0. The maximum absolute atomic E-state index is 14.0. The van der Waals surface area contributed by atoms with Gasteiger partial charge < -0.3 is 14.7 Å². The number of nitrogens with zero attached hydrogens (tertiary/aromatic N) is 2. The molecule has 0 spiro atoms. The minimum atomic E-state index is -1.14. The molecular formula is C24H18F2N2O4S. The largest absolute Gasteiger partial charge is 0.507 e. The number of likely N-dealkylation sites (N-methyl/N-ethyl adjacent to an activating group) is 1. The van der Waals surface area contributed by atoms with Crippen molar-refractivity contribution < 1.29 is 28.2 Å². The zero-order valence-corrected chi connectivity index (χ0v) is 18.2. The number of carbonyl (C=O) groups excluding carboxylic acids is 2. The SMILES string of the molecule is CN1CCOc2ccc(/C(O)=C3/C(=O)C(=O)N(c4ccc(F)c(F)c4)C3c3cccs3)cc21. The standard InChI is InChI=1S/C24H18F2N2O4S/c1-27-8-9-32-18-7-4-13(11-17(18)27)22(29)20-21(19-3-2-10-33-19)28(24(31)23(20)30)14-5-6-15(25)16(26)12-14/h2-7,10-12,21,29H,8-9H2,1H3/b22-20-. The molecule has 1 atom stereocenters. The van der Waals surface area contributed by atoms with Gasteiger partial charge in [0.05, 0.1) is 17.8 Å². The summed E-state index contributed by atoms with van der Waals surface area (Å²) in [5.41, 5.74) is 0.988. The number of carbonyl (C=O) groups is 2. The number of ketones is 1. The summed E-state index contributed by atoms with van der Waals surface area (Å²) < 4.78 is 33.1. The van der Waals surface area contributed by atoms with E-state index < -0.39 is 29.4 Å². The molecule has 0 aliphatic carbocycles. The highest BCUT2D eigenvalue weighted by molar-refractivity contribution is 7.10. The summed E-state index contributed by atoms with van der Waals surface area (Å²) in [4.78, 5) is 29.8. The third-order valence-corrected chi connectivity index (χ3v) is 6.69. The van der Waals surface area contributed by atoms with E-state index in [9.17, 15) is 23.5 Å². The fourth-order valence-electron chi connectivity index (χ4n) is 4.10. The Bertz CT molecular complexity index is 1310. The average Bonchev–Trinajstić information content (AvgIpc) is 3.42. The van der Waals surface area contributed by atoms with Gasteiger partial charge in [-0.1, -0.05) is 6.07 Å². The van der Waals surface area contributed by atoms with Gasteiger partial charge in [-0.2, -0.15) is 0 Å². The van der Waals surface area contributed by atoms with Crippen molar-refractivity contribution in [2.24, 2.45) is 0 Å². The summed E-state index contributed by atoms with van der Waals surface area (Å²) in [5, 5.41) is 13.0. The van der Waals surface area contributed by atoms with Gasteiger partial charge in [0.2, 0.25) is 0 Å². The molecule has 168 valence electrons. The summed E-state index contributed by atoms with van der Waals surface area (Å²) >= 11 is 1.28. The van der Waals surface area contributed by atoms with Gasteiger partial charge in [0.1, 0.15) is 24.2 Å². The van der Waals surface area contributed by atoms with E-state index in [2.05, 4.69) is 0 Å². The van der Waals surface area contributed by atoms with E-state index in [-0.39, 0.29) is 17.0 Å². The number of fused-ring (bicyclic) bond motifs is 1. The first-order chi connectivity index (χ1) is 15.9. The Morgan fingerprint density at radius 1 is 1.12 bits per heavy atom. The summed E-state index contributed by atoms with van der Waals surface area (Å²) in [6, 6.07) is 10.5. The zero-order chi connectivity index (χ0) is 23.3. The van der Waals surface area contributed by atoms with E-state index in [4.69, 9.17) is 4.74 Å². The van der Waals surface area contributed by atoms with Gasteiger partial charge in [-0.3, -0.25) is 14.5 Å². The lowest BCUT2D eigenvalue weighted by Gasteiger charge is -2.28. The molecular weight excluding hydrogens is 450 g/mol. The van der Waals surface area contributed by atoms with Gasteiger partial charge in [0.25, 0.3) is 11.7 Å². The highest BCUT2D eigenvalue weighted by Gasteiger charge is 2.47. The summed E-state index contributed by atoms with van der Waals surface area (Å²) in [7, 11) is 1.89. The number of ether oxygens (including phenoxy) is 1. The molecule has 1 fully saturated rings. The summed E-state index contributed by atoms with van der Waals surface area (Å²) in [5.74, 6) is -3.74. The van der Waals surface area contributed by atoms with Gasteiger partial charge in [-0.15, -0.1) is 11.3 Å². The Balaban J connectivity index is 1.68. The Morgan fingerprint density at radius 2 is 1.94 bits per heavy atom. The molecule has 6 nitrogen and oxygen atoms in total. The van der Waals surface area contributed by atoms with Crippen LogP contribution in [0, 0.1) is 11.6 Å². The molecule has 5 rings (SSSR count). The highest BCUT2D eigenvalue weighted by Crippen LogP contribution is 2.44. The van der Waals surface area contributed by atoms with Crippen LogP contribution in [-0.2, 0) is 9.59 Å². The fraction of sp³-hybridized carbons (Fsp3) is 0.167. The van der Waals surface area contributed by atoms with Crippen molar-refractivity contribution in [3.05, 3.63) is 81.6 Å². The number of amides is 1. The second-order valence-electron chi connectivity index (χ2n) is 7.74. The molecule has 1 saturated heterocycles. The van der Waals surface area contributed by atoms with Crippen molar-refractivity contribution in [1.82, 2.24) is 0 Å². The number of hydrogen-bond acceptors (Lipinski definition) is 6. The Kier molecular flexibility index (Phi) is 5.13. The van der Waals surface area contributed by atoms with E-state index >= 15 is 0 Å². The maximum Gasteiger partial charge on any atom is 0.300 e. The second kappa shape index (κ2) is 8.00. The van der Waals surface area contributed by atoms with Crippen LogP contribution in [0.5, 0.6) is 5.75 Å². The van der Waals surface area contributed by atoms with Crippen LogP contribution in [0.4, 0.5) is 20.2 Å². The zero-order valence-electron chi connectivity index (χ0n) is 17.4. The molecule has 1 unspecified atom stereocenters. The van der Waals surface area contributed by atoms with Crippen molar-refractivity contribution >= 4 is 40.2 Å². The van der Waals surface area contributed by atoms with Crippen LogP contribution in [0.1, 0.15) is 16.5 Å². The summed E-state index contributed by atoms with van der Waals surface area (Å²) in [6.45, 7) is 1.19. The normalized spacial score (nSPS) is 19.5. The molecule has 3 aromatic rings. The number of anilines is 2. The van der Waals surface area contributed by atoms with Crippen LogP contribution in [0.15, 0.2) is 59.5 Å². The van der Waals surface area contributed by atoms with Gasteiger partial charge in [0.15, 0.2) is 11.6 Å². The number of benzene rings is 2. The minimum Gasteiger partial charge on any atom is -0.507 e. The number of aliphatic hydroxyl groups excluding tert-OH is 1. The van der Waals surface area contributed by atoms with Crippen LogP contribution < -0.4 is 14.5 Å². The van der Waals surface area contributed by atoms with Crippen LogP contribution in [0.25, 0.3) is 5.76 Å². The van der Waals surface area contributed by atoms with Gasteiger partial charge in [-0.05, 0) is 41.8 Å². The van der Waals surface area contributed by atoms with Gasteiger partial charge in [0, 0.05) is 29.2 Å². The first-order valence-electron chi connectivity index (χ1n) is 10.1. The summed E-state index contributed by atoms with van der Waals surface area (Å²) in [6.07, 6.45) is 0. The molecule has 2 aliphatic rings. The number of hydrogen-bond donors (Lipinski definition) is 1. The molecule has 2 aliphatic heterocycles. The number of rotatable bonds is 3. The number of aliphatic hydroxyl groups is 1. The Hall–Kier alpha value is -3.72. The number of Topliss-reactive ketones (excluding diaryl/α,β-unsaturated/α-hetero) is 1. The van der Waals surface area contributed by atoms with Crippen molar-refractivity contribution in [2.45, 2.75) is 6.04 Å². The van der Waals surface area contributed by atoms with E-state index in [0.717, 1.165) is 22.7 Å². The molecule has 1 N–H and O–H groups in total. The number of halogens is 2. The quantitative estimate of drug-likeness (QED) is 0.349. The van der Waals surface area contributed by atoms with Crippen molar-refractivity contribution in [3.8, 4) is 5.75 Å². The molecule has 33 heavy (non-hydrogen) atoms. The molecule has 2 aromatic carbocycles. The monoisotopic (exact) mass is 468 g/mol. The first-order valence-corrected chi connectivity index (χ1v) is 11.0. The van der Waals surface area contributed by atoms with Gasteiger partial charge in [-0.25, -0.2) is 8.78 Å². The predicted molar refractivity (Wildman–Crippen MR) is 121 cm³/mol. The molecule has 3 heterocycles. The van der Waals surface area contributed by atoms with Crippen molar-refractivity contribution in [3.63, 3.8) is 0 Å². The molecule has 0 radical (unpaired) electrons. The van der Waals surface area contributed by atoms with Crippen LogP contribution >= 0.6 is 11.3 Å².